The number of carbonyl (C=O) groups is 1. The van der Waals surface area contributed by atoms with E-state index in [2.05, 4.69) is 10.6 Å². The smallest absolute Gasteiger partial charge is 0.319 e. The molecule has 0 radical (unpaired) electrons. The largest absolute Gasteiger partial charge is 0.495 e. The average molecular weight is 321 g/mol. The van der Waals surface area contributed by atoms with Crippen molar-refractivity contribution in [3.8, 4) is 5.75 Å². The van der Waals surface area contributed by atoms with E-state index in [1.165, 1.54) is 0 Å². The van der Waals surface area contributed by atoms with Crippen LogP contribution in [0.5, 0.6) is 5.75 Å². The number of halogens is 1. The minimum Gasteiger partial charge on any atom is -0.495 e. The Labute approximate surface area is 133 Å². The fourth-order valence-electron chi connectivity index (χ4n) is 2.73. The molecular formula is C16H17ClN2O3. The van der Waals surface area contributed by atoms with Crippen molar-refractivity contribution >= 4 is 23.3 Å². The summed E-state index contributed by atoms with van der Waals surface area (Å²) in [4.78, 5) is 12.2. The van der Waals surface area contributed by atoms with E-state index >= 15 is 0 Å². The van der Waals surface area contributed by atoms with E-state index in [1.807, 2.05) is 6.07 Å². The van der Waals surface area contributed by atoms with Crippen LogP contribution in [0.15, 0.2) is 34.9 Å². The van der Waals surface area contributed by atoms with E-state index in [9.17, 15) is 4.79 Å². The van der Waals surface area contributed by atoms with Crippen molar-refractivity contribution in [3.63, 3.8) is 0 Å². The van der Waals surface area contributed by atoms with Gasteiger partial charge in [0.05, 0.1) is 25.1 Å². The van der Waals surface area contributed by atoms with E-state index in [0.29, 0.717) is 16.5 Å². The van der Waals surface area contributed by atoms with Gasteiger partial charge in [0.1, 0.15) is 11.5 Å². The molecule has 0 bridgehead atoms. The van der Waals surface area contributed by atoms with Gasteiger partial charge in [0.25, 0.3) is 0 Å². The molecule has 1 aliphatic carbocycles. The van der Waals surface area contributed by atoms with Gasteiger partial charge in [-0.2, -0.15) is 0 Å². The van der Waals surface area contributed by atoms with Gasteiger partial charge in [-0.15, -0.1) is 0 Å². The molecule has 1 aromatic carbocycles. The Kier molecular flexibility index (Phi) is 4.24. The van der Waals surface area contributed by atoms with Gasteiger partial charge in [-0.1, -0.05) is 11.6 Å². The van der Waals surface area contributed by atoms with Crippen LogP contribution < -0.4 is 15.4 Å². The quantitative estimate of drug-likeness (QED) is 0.893. The predicted octanol–water partition coefficient (Wildman–Crippen LogP) is 4.14. The number of aryl methyl sites for hydroxylation is 1. The summed E-state index contributed by atoms with van der Waals surface area (Å²) in [5.41, 5.74) is 1.59. The molecule has 6 heteroatoms. The summed E-state index contributed by atoms with van der Waals surface area (Å²) in [5.74, 6) is 1.52. The van der Waals surface area contributed by atoms with Crippen LogP contribution >= 0.6 is 11.6 Å². The van der Waals surface area contributed by atoms with Crippen LogP contribution in [0, 0.1) is 0 Å². The van der Waals surface area contributed by atoms with Crippen LogP contribution in [-0.2, 0) is 6.42 Å². The van der Waals surface area contributed by atoms with Crippen LogP contribution in [-0.4, -0.2) is 13.1 Å². The van der Waals surface area contributed by atoms with Crippen LogP contribution in [0.3, 0.4) is 0 Å². The van der Waals surface area contributed by atoms with Crippen molar-refractivity contribution in [2.45, 2.75) is 25.3 Å². The number of furan rings is 1. The third kappa shape index (κ3) is 3.04. The van der Waals surface area contributed by atoms with Crippen LogP contribution in [0.2, 0.25) is 5.02 Å². The Morgan fingerprint density at radius 3 is 3.09 bits per heavy atom. The summed E-state index contributed by atoms with van der Waals surface area (Å²) in [6.45, 7) is 0. The molecule has 1 aromatic heterocycles. The van der Waals surface area contributed by atoms with Gasteiger partial charge >= 0.3 is 6.03 Å². The Bertz CT molecular complexity index is 684. The van der Waals surface area contributed by atoms with Crippen LogP contribution in [0.1, 0.15) is 30.2 Å². The molecule has 2 amide bonds. The molecule has 0 spiro atoms. The van der Waals surface area contributed by atoms with Crippen LogP contribution in [0.25, 0.3) is 0 Å². The van der Waals surface area contributed by atoms with Crippen molar-refractivity contribution < 1.29 is 13.9 Å². The van der Waals surface area contributed by atoms with Crippen molar-refractivity contribution in [2.24, 2.45) is 0 Å². The number of hydrogen-bond donors (Lipinski definition) is 2. The number of rotatable bonds is 3. The number of benzene rings is 1. The molecule has 1 atom stereocenters. The summed E-state index contributed by atoms with van der Waals surface area (Å²) < 4.78 is 10.6. The topological polar surface area (TPSA) is 63.5 Å². The summed E-state index contributed by atoms with van der Waals surface area (Å²) in [7, 11) is 1.55. The molecule has 1 aliphatic rings. The normalized spacial score (nSPS) is 16.7. The first-order chi connectivity index (χ1) is 10.7. The Morgan fingerprint density at radius 1 is 1.41 bits per heavy atom. The Hall–Kier alpha value is -2.14. The number of fused-ring (bicyclic) bond motifs is 1. The third-order valence-corrected chi connectivity index (χ3v) is 4.00. The van der Waals surface area contributed by atoms with Gasteiger partial charge in [-0.3, -0.25) is 0 Å². The van der Waals surface area contributed by atoms with Gasteiger partial charge in [-0.05, 0) is 37.1 Å². The first-order valence-corrected chi connectivity index (χ1v) is 7.52. The molecule has 2 aromatic rings. The Morgan fingerprint density at radius 2 is 2.27 bits per heavy atom. The van der Waals surface area contributed by atoms with Gasteiger partial charge in [0.15, 0.2) is 0 Å². The number of anilines is 1. The zero-order valence-electron chi connectivity index (χ0n) is 12.2. The lowest BCUT2D eigenvalue weighted by molar-refractivity contribution is 0.246. The average Bonchev–Trinajstić information content (AvgIpc) is 2.97. The lowest BCUT2D eigenvalue weighted by atomic mass is 9.93. The highest BCUT2D eigenvalue weighted by Crippen LogP contribution is 2.31. The van der Waals surface area contributed by atoms with E-state index in [0.717, 1.165) is 30.6 Å². The number of nitrogens with one attached hydrogen (secondary N) is 2. The van der Waals surface area contributed by atoms with Crippen molar-refractivity contribution in [1.29, 1.82) is 0 Å². The van der Waals surface area contributed by atoms with E-state index in [-0.39, 0.29) is 12.1 Å². The van der Waals surface area contributed by atoms with Crippen LogP contribution in [0.4, 0.5) is 10.5 Å². The molecule has 1 heterocycles. The predicted molar refractivity (Wildman–Crippen MR) is 84.5 cm³/mol. The molecule has 2 N–H and O–H groups in total. The lowest BCUT2D eigenvalue weighted by Gasteiger charge is -2.23. The van der Waals surface area contributed by atoms with Crippen molar-refractivity contribution in [1.82, 2.24) is 5.32 Å². The second-order valence-electron chi connectivity index (χ2n) is 5.19. The minimum absolute atomic E-state index is 0.0346. The highest BCUT2D eigenvalue weighted by atomic mass is 35.5. The van der Waals surface area contributed by atoms with Gasteiger partial charge < -0.3 is 19.8 Å². The summed E-state index contributed by atoms with van der Waals surface area (Å²) >= 11 is 5.96. The number of methoxy groups -OCH3 is 1. The monoisotopic (exact) mass is 320 g/mol. The number of ether oxygens (including phenoxy) is 1. The van der Waals surface area contributed by atoms with E-state index in [1.54, 1.807) is 31.6 Å². The van der Waals surface area contributed by atoms with Gasteiger partial charge in [0.2, 0.25) is 0 Å². The summed E-state index contributed by atoms with van der Waals surface area (Å²) in [6, 6.07) is 6.67. The first-order valence-electron chi connectivity index (χ1n) is 7.14. The number of hydrogen-bond acceptors (Lipinski definition) is 3. The highest BCUT2D eigenvalue weighted by Gasteiger charge is 2.24. The molecule has 22 heavy (non-hydrogen) atoms. The maximum absolute atomic E-state index is 12.2. The first kappa shape index (κ1) is 14.8. The minimum atomic E-state index is -0.292. The fourth-order valence-corrected chi connectivity index (χ4v) is 2.90. The van der Waals surface area contributed by atoms with Crippen molar-refractivity contribution in [2.75, 3.05) is 12.4 Å². The number of amides is 2. The molecule has 5 nitrogen and oxygen atoms in total. The molecule has 116 valence electrons. The van der Waals surface area contributed by atoms with Gasteiger partial charge in [-0.25, -0.2) is 4.79 Å². The molecule has 0 saturated carbocycles. The molecule has 0 aliphatic heterocycles. The molecular weight excluding hydrogens is 304 g/mol. The zero-order valence-corrected chi connectivity index (χ0v) is 12.9. The maximum atomic E-state index is 12.2. The molecule has 0 saturated heterocycles. The SMILES string of the molecule is COc1ccc(Cl)cc1NC(=O)NC1CCCc2occc21. The van der Waals surface area contributed by atoms with Crippen molar-refractivity contribution in [3.05, 3.63) is 46.9 Å². The lowest BCUT2D eigenvalue weighted by Crippen LogP contribution is -2.34. The zero-order chi connectivity index (χ0) is 15.5. The standard InChI is InChI=1S/C16H17ClN2O3/c1-21-15-6-5-10(17)9-13(15)19-16(20)18-12-3-2-4-14-11(12)7-8-22-14/h5-9,12H,2-4H2,1H3,(H2,18,19,20). The molecule has 3 rings (SSSR count). The third-order valence-electron chi connectivity index (χ3n) is 3.77. The molecule has 1 unspecified atom stereocenters. The van der Waals surface area contributed by atoms with E-state index < -0.39 is 0 Å². The van der Waals surface area contributed by atoms with Gasteiger partial charge in [0, 0.05) is 17.0 Å². The maximum Gasteiger partial charge on any atom is 0.319 e. The Balaban J connectivity index is 1.70. The van der Waals surface area contributed by atoms with E-state index in [4.69, 9.17) is 20.8 Å². The molecule has 0 fully saturated rings. The fraction of sp³-hybridized carbons (Fsp3) is 0.312. The summed E-state index contributed by atoms with van der Waals surface area (Å²) in [5, 5.41) is 6.29. The number of urea groups is 1. The second kappa shape index (κ2) is 6.32. The second-order valence-corrected chi connectivity index (χ2v) is 5.62. The highest BCUT2D eigenvalue weighted by molar-refractivity contribution is 6.31. The summed E-state index contributed by atoms with van der Waals surface area (Å²) in [6.07, 6.45) is 4.48. The number of carbonyl (C=O) groups excluding carboxylic acids is 1.